The minimum Gasteiger partial charge on any atom is -0.361 e. The van der Waals surface area contributed by atoms with Gasteiger partial charge in [-0.2, -0.15) is 0 Å². The first-order chi connectivity index (χ1) is 12.3. The summed E-state index contributed by atoms with van der Waals surface area (Å²) in [5.41, 5.74) is 2.56. The van der Waals surface area contributed by atoms with Gasteiger partial charge in [-0.3, -0.25) is 4.99 Å². The molecule has 0 radical (unpaired) electrons. The zero-order valence-corrected chi connectivity index (χ0v) is 15.5. The Morgan fingerprint density at radius 2 is 2.20 bits per heavy atom. The molecule has 1 aliphatic heterocycles. The van der Waals surface area contributed by atoms with Gasteiger partial charge in [0.05, 0.1) is 0 Å². The van der Waals surface area contributed by atoms with Crippen LogP contribution in [0.15, 0.2) is 35.5 Å². The quantitative estimate of drug-likeness (QED) is 0.559. The summed E-state index contributed by atoms with van der Waals surface area (Å²) in [7, 11) is 2.21. The van der Waals surface area contributed by atoms with Crippen molar-refractivity contribution in [1.82, 2.24) is 20.5 Å². The molecule has 0 spiro atoms. The second kappa shape index (κ2) is 8.90. The Hall–Kier alpha value is -2.01. The molecule has 0 amide bonds. The summed E-state index contributed by atoms with van der Waals surface area (Å²) in [6, 6.07) is 8.47. The van der Waals surface area contributed by atoms with Crippen LogP contribution in [0, 0.1) is 5.92 Å². The summed E-state index contributed by atoms with van der Waals surface area (Å²) in [5.74, 6) is 1.62. The number of aliphatic imine (C=N–C) groups is 1. The first-order valence-corrected chi connectivity index (χ1v) is 9.52. The lowest BCUT2D eigenvalue weighted by Gasteiger charge is -2.28. The summed E-state index contributed by atoms with van der Waals surface area (Å²) in [5, 5.41) is 8.17. The number of guanidine groups is 1. The highest BCUT2D eigenvalue weighted by Gasteiger charge is 2.16. The van der Waals surface area contributed by atoms with Crippen molar-refractivity contribution in [2.75, 3.05) is 39.8 Å². The van der Waals surface area contributed by atoms with E-state index < -0.39 is 0 Å². The third kappa shape index (κ3) is 4.98. The number of likely N-dealkylation sites (tertiary alicyclic amines) is 1. The van der Waals surface area contributed by atoms with Gasteiger partial charge >= 0.3 is 0 Å². The molecule has 0 bridgehead atoms. The monoisotopic (exact) mass is 341 g/mol. The summed E-state index contributed by atoms with van der Waals surface area (Å²) in [4.78, 5) is 10.6. The average molecular weight is 342 g/mol. The van der Waals surface area contributed by atoms with Gasteiger partial charge in [0.15, 0.2) is 5.96 Å². The molecule has 25 heavy (non-hydrogen) atoms. The van der Waals surface area contributed by atoms with Crippen LogP contribution in [0.4, 0.5) is 0 Å². The highest BCUT2D eigenvalue weighted by molar-refractivity contribution is 5.83. The van der Waals surface area contributed by atoms with Crippen LogP contribution in [0.2, 0.25) is 0 Å². The van der Waals surface area contributed by atoms with Gasteiger partial charge < -0.3 is 20.5 Å². The molecule has 3 rings (SSSR count). The second-order valence-corrected chi connectivity index (χ2v) is 7.03. The molecule has 0 saturated carbocycles. The molecule has 2 heterocycles. The van der Waals surface area contributed by atoms with Crippen molar-refractivity contribution in [1.29, 1.82) is 0 Å². The molecule has 2 aromatic rings. The van der Waals surface area contributed by atoms with Gasteiger partial charge in [0.2, 0.25) is 0 Å². The number of hydrogen-bond acceptors (Lipinski definition) is 2. The van der Waals surface area contributed by atoms with Gasteiger partial charge in [0.1, 0.15) is 0 Å². The fourth-order valence-electron chi connectivity index (χ4n) is 3.64. The minimum atomic E-state index is 0.683. The average Bonchev–Trinajstić information content (AvgIpc) is 3.03. The van der Waals surface area contributed by atoms with E-state index in [-0.39, 0.29) is 0 Å². The summed E-state index contributed by atoms with van der Waals surface area (Å²) in [6.07, 6.45) is 5.69. The molecule has 3 N–H and O–H groups in total. The zero-order valence-electron chi connectivity index (χ0n) is 15.5. The molecule has 136 valence electrons. The number of hydrogen-bond donors (Lipinski definition) is 3. The van der Waals surface area contributed by atoms with Crippen LogP contribution in [0.3, 0.4) is 0 Å². The molecule has 1 aromatic carbocycles. The van der Waals surface area contributed by atoms with E-state index in [0.717, 1.165) is 38.6 Å². The third-order valence-corrected chi connectivity index (χ3v) is 4.94. The molecule has 1 unspecified atom stereocenters. The molecule has 5 nitrogen and oxygen atoms in total. The van der Waals surface area contributed by atoms with Crippen molar-refractivity contribution in [2.45, 2.75) is 26.2 Å². The van der Waals surface area contributed by atoms with Crippen LogP contribution in [0.25, 0.3) is 10.9 Å². The van der Waals surface area contributed by atoms with Gasteiger partial charge in [0, 0.05) is 43.3 Å². The predicted molar refractivity (Wildman–Crippen MR) is 106 cm³/mol. The van der Waals surface area contributed by atoms with Gasteiger partial charge in [0.25, 0.3) is 0 Å². The van der Waals surface area contributed by atoms with Gasteiger partial charge in [-0.25, -0.2) is 0 Å². The number of rotatable bonds is 6. The second-order valence-electron chi connectivity index (χ2n) is 7.03. The first kappa shape index (κ1) is 17.8. The number of benzene rings is 1. The Morgan fingerprint density at radius 1 is 1.32 bits per heavy atom. The maximum Gasteiger partial charge on any atom is 0.191 e. The van der Waals surface area contributed by atoms with Crippen molar-refractivity contribution >= 4 is 16.9 Å². The molecule has 0 aliphatic carbocycles. The summed E-state index contributed by atoms with van der Waals surface area (Å²) in [6.45, 7) is 7.20. The molecule has 1 aliphatic rings. The van der Waals surface area contributed by atoms with Crippen LogP contribution < -0.4 is 10.6 Å². The van der Waals surface area contributed by atoms with Crippen LogP contribution in [0.5, 0.6) is 0 Å². The standard InChI is InChI=1S/C20H31N5/c1-3-21-20(24-13-16-7-6-12-25(2)15-16)22-11-10-17-14-23-19-9-5-4-8-18(17)19/h4-5,8-9,14,16,23H,3,6-7,10-13,15H2,1-2H3,(H2,21,22,24). The first-order valence-electron chi connectivity index (χ1n) is 9.52. The Labute approximate surface area is 150 Å². The van der Waals surface area contributed by atoms with E-state index >= 15 is 0 Å². The van der Waals surface area contributed by atoms with Crippen LogP contribution in [-0.2, 0) is 6.42 Å². The van der Waals surface area contributed by atoms with E-state index in [2.05, 4.69) is 65.0 Å². The van der Waals surface area contributed by atoms with Crippen molar-refractivity contribution in [3.05, 3.63) is 36.0 Å². The maximum atomic E-state index is 4.81. The summed E-state index contributed by atoms with van der Waals surface area (Å²) < 4.78 is 0. The van der Waals surface area contributed by atoms with E-state index in [4.69, 9.17) is 4.99 Å². The normalized spacial score (nSPS) is 19.3. The van der Waals surface area contributed by atoms with Gasteiger partial charge in [-0.1, -0.05) is 18.2 Å². The molecular formula is C20H31N5. The van der Waals surface area contributed by atoms with Crippen molar-refractivity contribution in [3.63, 3.8) is 0 Å². The lowest BCUT2D eigenvalue weighted by molar-refractivity contribution is 0.214. The number of nitrogens with zero attached hydrogens (tertiary/aromatic N) is 2. The largest absolute Gasteiger partial charge is 0.361 e. The fourth-order valence-corrected chi connectivity index (χ4v) is 3.64. The number of para-hydroxylation sites is 1. The van der Waals surface area contributed by atoms with E-state index in [0.29, 0.717) is 5.92 Å². The SMILES string of the molecule is CCNC(=NCC1CCCN(C)C1)NCCc1c[nH]c2ccccc12. The van der Waals surface area contributed by atoms with Gasteiger partial charge in [-0.05, 0) is 57.3 Å². The van der Waals surface area contributed by atoms with E-state index in [1.54, 1.807) is 0 Å². The smallest absolute Gasteiger partial charge is 0.191 e. The van der Waals surface area contributed by atoms with E-state index in [9.17, 15) is 0 Å². The highest BCUT2D eigenvalue weighted by atomic mass is 15.2. The third-order valence-electron chi connectivity index (χ3n) is 4.94. The topological polar surface area (TPSA) is 55.5 Å². The van der Waals surface area contributed by atoms with Crippen molar-refractivity contribution in [2.24, 2.45) is 10.9 Å². The lowest BCUT2D eigenvalue weighted by Crippen LogP contribution is -2.39. The lowest BCUT2D eigenvalue weighted by atomic mass is 9.99. The fraction of sp³-hybridized carbons (Fsp3) is 0.550. The molecule has 5 heteroatoms. The zero-order chi connectivity index (χ0) is 17.5. The molecule has 1 saturated heterocycles. The molecule has 1 atom stereocenters. The number of aromatic nitrogens is 1. The van der Waals surface area contributed by atoms with Crippen LogP contribution in [-0.4, -0.2) is 55.6 Å². The van der Waals surface area contributed by atoms with Crippen molar-refractivity contribution < 1.29 is 0 Å². The van der Waals surface area contributed by atoms with Gasteiger partial charge in [-0.15, -0.1) is 0 Å². The minimum absolute atomic E-state index is 0.683. The van der Waals surface area contributed by atoms with E-state index in [1.807, 2.05) is 0 Å². The Morgan fingerprint density at radius 3 is 3.04 bits per heavy atom. The van der Waals surface area contributed by atoms with Crippen molar-refractivity contribution in [3.8, 4) is 0 Å². The number of fused-ring (bicyclic) bond motifs is 1. The number of H-pyrrole nitrogens is 1. The predicted octanol–water partition coefficient (Wildman–Crippen LogP) is 2.61. The molecular weight excluding hydrogens is 310 g/mol. The molecule has 1 aromatic heterocycles. The number of nitrogens with one attached hydrogen (secondary N) is 3. The summed E-state index contributed by atoms with van der Waals surface area (Å²) >= 11 is 0. The number of aromatic amines is 1. The van der Waals surface area contributed by atoms with E-state index in [1.165, 1.54) is 35.9 Å². The van der Waals surface area contributed by atoms with Crippen LogP contribution >= 0.6 is 0 Å². The number of piperidine rings is 1. The molecule has 1 fully saturated rings. The Bertz CT molecular complexity index is 690. The van der Waals surface area contributed by atoms with Crippen LogP contribution in [0.1, 0.15) is 25.3 Å². The maximum absolute atomic E-state index is 4.81. The Balaban J connectivity index is 1.52. The highest BCUT2D eigenvalue weighted by Crippen LogP contribution is 2.18. The Kier molecular flexibility index (Phi) is 6.34.